The molecule has 1 N–H and O–H groups in total. The topological polar surface area (TPSA) is 54.4 Å². The van der Waals surface area contributed by atoms with E-state index >= 15 is 0 Å². The van der Waals surface area contributed by atoms with Gasteiger partial charge in [0.05, 0.1) is 16.8 Å². The van der Waals surface area contributed by atoms with Crippen LogP contribution in [0.25, 0.3) is 0 Å². The molecule has 3 nitrogen and oxygen atoms in total. The SMILES string of the molecule is CC.CC.CC12CCC(O)CC1CCC1C2=CCC2(C)C(CCS(=O)(=O)c3ccccc3)CCC12. The number of fused-ring (bicyclic) bond motifs is 5. The van der Waals surface area contributed by atoms with Crippen molar-refractivity contribution < 1.29 is 13.5 Å². The summed E-state index contributed by atoms with van der Waals surface area (Å²) in [6, 6.07) is 8.95. The van der Waals surface area contributed by atoms with Crippen LogP contribution in [-0.4, -0.2) is 25.4 Å². The number of rotatable bonds is 4. The van der Waals surface area contributed by atoms with Gasteiger partial charge in [0, 0.05) is 0 Å². The van der Waals surface area contributed by atoms with Gasteiger partial charge in [-0.25, -0.2) is 8.42 Å². The van der Waals surface area contributed by atoms with E-state index < -0.39 is 9.84 Å². The zero-order chi connectivity index (χ0) is 25.9. The van der Waals surface area contributed by atoms with Crippen LogP contribution < -0.4 is 0 Å². The van der Waals surface area contributed by atoms with Crippen LogP contribution in [0.4, 0.5) is 0 Å². The second-order valence-electron chi connectivity index (χ2n) is 11.4. The Hall–Kier alpha value is -1.13. The van der Waals surface area contributed by atoms with Crippen LogP contribution in [0, 0.1) is 34.5 Å². The maximum absolute atomic E-state index is 12.9. The van der Waals surface area contributed by atoms with Gasteiger partial charge in [-0.05, 0) is 104 Å². The molecule has 4 aliphatic carbocycles. The van der Waals surface area contributed by atoms with Crippen molar-refractivity contribution in [2.24, 2.45) is 34.5 Å². The van der Waals surface area contributed by atoms with Gasteiger partial charge in [0.25, 0.3) is 0 Å². The monoisotopic (exact) mass is 502 g/mol. The van der Waals surface area contributed by atoms with Crippen LogP contribution >= 0.6 is 0 Å². The van der Waals surface area contributed by atoms with E-state index in [1.807, 2.05) is 45.9 Å². The standard InChI is InChI=1S/C27H38O3S.2C2H6/c1-26-16-13-25-23(10-8-20-18-21(28)12-15-27(20,25)2)24(26)11-9-19(26)14-17-31(29,30)22-6-4-3-5-7-22;2*1-2/h3-7,13,19-21,23-24,28H,8-12,14-18H2,1-2H3;2*1-2H3. The Kier molecular flexibility index (Phi) is 9.35. The molecule has 7 unspecified atom stereocenters. The lowest BCUT2D eigenvalue weighted by atomic mass is 9.48. The highest BCUT2D eigenvalue weighted by atomic mass is 32.2. The summed E-state index contributed by atoms with van der Waals surface area (Å²) < 4.78 is 25.8. The van der Waals surface area contributed by atoms with Gasteiger partial charge >= 0.3 is 0 Å². The van der Waals surface area contributed by atoms with E-state index in [0.717, 1.165) is 32.1 Å². The second kappa shape index (κ2) is 11.5. The molecule has 198 valence electrons. The highest BCUT2D eigenvalue weighted by Gasteiger charge is 2.56. The van der Waals surface area contributed by atoms with Crippen molar-refractivity contribution in [1.29, 1.82) is 0 Å². The van der Waals surface area contributed by atoms with E-state index in [4.69, 9.17) is 0 Å². The summed E-state index contributed by atoms with van der Waals surface area (Å²) in [4.78, 5) is 0.464. The highest BCUT2D eigenvalue weighted by molar-refractivity contribution is 7.91. The minimum atomic E-state index is -3.21. The number of sulfone groups is 1. The lowest BCUT2D eigenvalue weighted by Gasteiger charge is -2.56. The third-order valence-corrected chi connectivity index (χ3v) is 11.8. The lowest BCUT2D eigenvalue weighted by Crippen LogP contribution is -2.48. The fourth-order valence-electron chi connectivity index (χ4n) is 8.12. The van der Waals surface area contributed by atoms with E-state index in [0.29, 0.717) is 28.6 Å². The molecule has 1 aromatic rings. The molecule has 7 atom stereocenters. The molecule has 0 saturated heterocycles. The van der Waals surface area contributed by atoms with E-state index in [2.05, 4.69) is 19.9 Å². The summed E-state index contributed by atoms with van der Waals surface area (Å²) in [5.74, 6) is 2.76. The molecule has 0 amide bonds. The highest BCUT2D eigenvalue weighted by Crippen LogP contribution is 2.65. The van der Waals surface area contributed by atoms with Crippen LogP contribution in [0.1, 0.15) is 99.3 Å². The van der Waals surface area contributed by atoms with Crippen LogP contribution in [0.5, 0.6) is 0 Å². The van der Waals surface area contributed by atoms with Crippen LogP contribution in [0.15, 0.2) is 46.9 Å². The molecule has 3 fully saturated rings. The van der Waals surface area contributed by atoms with Gasteiger partial charge in [0.1, 0.15) is 0 Å². The Labute approximate surface area is 215 Å². The Morgan fingerprint density at radius 2 is 1.63 bits per heavy atom. The molecule has 0 radical (unpaired) electrons. The van der Waals surface area contributed by atoms with Crippen molar-refractivity contribution in [1.82, 2.24) is 0 Å². The summed E-state index contributed by atoms with van der Waals surface area (Å²) >= 11 is 0. The van der Waals surface area contributed by atoms with Gasteiger partial charge in [-0.15, -0.1) is 0 Å². The van der Waals surface area contributed by atoms with E-state index in [-0.39, 0.29) is 22.7 Å². The number of aliphatic hydroxyl groups is 1. The molecule has 35 heavy (non-hydrogen) atoms. The smallest absolute Gasteiger partial charge is 0.178 e. The van der Waals surface area contributed by atoms with Crippen molar-refractivity contribution in [3.05, 3.63) is 42.0 Å². The Balaban J connectivity index is 0.000000815. The van der Waals surface area contributed by atoms with Gasteiger partial charge in [0.15, 0.2) is 9.84 Å². The fourth-order valence-corrected chi connectivity index (χ4v) is 9.53. The minimum Gasteiger partial charge on any atom is -0.393 e. The van der Waals surface area contributed by atoms with Crippen LogP contribution in [0.2, 0.25) is 0 Å². The first-order valence-electron chi connectivity index (χ1n) is 14.4. The van der Waals surface area contributed by atoms with E-state index in [1.165, 1.54) is 25.7 Å². The van der Waals surface area contributed by atoms with Gasteiger partial charge < -0.3 is 5.11 Å². The predicted octanol–water partition coefficient (Wildman–Crippen LogP) is 7.84. The van der Waals surface area contributed by atoms with Crippen molar-refractivity contribution >= 4 is 9.84 Å². The van der Waals surface area contributed by atoms with Crippen molar-refractivity contribution in [2.75, 3.05) is 5.75 Å². The zero-order valence-corrected chi connectivity index (χ0v) is 23.9. The number of allylic oxidation sites excluding steroid dienone is 2. The van der Waals surface area contributed by atoms with Gasteiger partial charge in [-0.2, -0.15) is 0 Å². The molecule has 0 bridgehead atoms. The largest absolute Gasteiger partial charge is 0.393 e. The Morgan fingerprint density at radius 1 is 0.943 bits per heavy atom. The Bertz CT molecular complexity index is 953. The maximum Gasteiger partial charge on any atom is 0.178 e. The molecular weight excluding hydrogens is 452 g/mol. The molecule has 3 saturated carbocycles. The number of aliphatic hydroxyl groups excluding tert-OH is 1. The summed E-state index contributed by atoms with van der Waals surface area (Å²) in [6.07, 6.45) is 12.3. The molecule has 0 aromatic heterocycles. The first-order chi connectivity index (χ1) is 16.7. The Morgan fingerprint density at radius 3 is 2.31 bits per heavy atom. The molecule has 0 heterocycles. The van der Waals surface area contributed by atoms with Crippen molar-refractivity contribution in [3.63, 3.8) is 0 Å². The number of hydrogen-bond donors (Lipinski definition) is 1. The van der Waals surface area contributed by atoms with Crippen LogP contribution in [-0.2, 0) is 9.84 Å². The fraction of sp³-hybridized carbons (Fsp3) is 0.742. The minimum absolute atomic E-state index is 0.105. The molecule has 1 aromatic carbocycles. The molecule has 4 aliphatic rings. The zero-order valence-electron chi connectivity index (χ0n) is 23.1. The first-order valence-corrected chi connectivity index (χ1v) is 16.1. The van der Waals surface area contributed by atoms with Gasteiger partial charge in [-0.3, -0.25) is 0 Å². The van der Waals surface area contributed by atoms with Crippen molar-refractivity contribution in [2.45, 2.75) is 110 Å². The normalized spacial score (nSPS) is 37.8. The van der Waals surface area contributed by atoms with Gasteiger partial charge in [-0.1, -0.05) is 71.4 Å². The maximum atomic E-state index is 12.9. The van der Waals surface area contributed by atoms with E-state index in [1.54, 1.807) is 17.7 Å². The summed E-state index contributed by atoms with van der Waals surface area (Å²) in [7, 11) is -3.21. The quantitative estimate of drug-likeness (QED) is 0.427. The number of benzene rings is 1. The van der Waals surface area contributed by atoms with Gasteiger partial charge in [0.2, 0.25) is 0 Å². The first kappa shape index (κ1) is 28.4. The molecule has 4 heteroatoms. The lowest BCUT2D eigenvalue weighted by molar-refractivity contribution is -0.0122. The van der Waals surface area contributed by atoms with Crippen LogP contribution in [0.3, 0.4) is 0 Å². The van der Waals surface area contributed by atoms with E-state index in [9.17, 15) is 13.5 Å². The molecule has 0 aliphatic heterocycles. The predicted molar refractivity (Wildman–Crippen MR) is 147 cm³/mol. The summed E-state index contributed by atoms with van der Waals surface area (Å²) in [6.45, 7) is 12.9. The second-order valence-corrected chi connectivity index (χ2v) is 13.5. The molecular formula is C31H50O3S. The summed E-state index contributed by atoms with van der Waals surface area (Å²) in [5.41, 5.74) is 2.21. The number of hydrogen-bond acceptors (Lipinski definition) is 3. The third kappa shape index (κ3) is 5.30. The summed E-state index contributed by atoms with van der Waals surface area (Å²) in [5, 5.41) is 10.2. The average molecular weight is 503 g/mol. The average Bonchev–Trinajstić information content (AvgIpc) is 3.22. The van der Waals surface area contributed by atoms with Crippen molar-refractivity contribution in [3.8, 4) is 0 Å². The molecule has 0 spiro atoms. The third-order valence-electron chi connectivity index (χ3n) is 10.0. The molecule has 5 rings (SSSR count).